The zero-order valence-corrected chi connectivity index (χ0v) is 63.9. The molecule has 12 rings (SSSR count). The fourth-order valence-corrected chi connectivity index (χ4v) is 18.4. The van der Waals surface area contributed by atoms with E-state index in [1.807, 2.05) is 59.0 Å². The largest absolute Gasteiger partial charge is 0.616 e. The molecule has 4 fully saturated rings. The molecule has 6 amide bonds. The summed E-state index contributed by atoms with van der Waals surface area (Å²) in [5, 5.41) is 74.1. The Morgan fingerprint density at radius 2 is 1.71 bits per heavy atom. The van der Waals surface area contributed by atoms with Gasteiger partial charge in [0.1, 0.15) is 36.1 Å². The van der Waals surface area contributed by atoms with Gasteiger partial charge in [-0.2, -0.15) is 5.10 Å². The number of carbonyl (C=O) groups excluding carboxylic acids is 6. The van der Waals surface area contributed by atoms with Gasteiger partial charge >= 0.3 is 18.0 Å². The number of carboxylic acids is 2. The number of aliphatic carboxylic acids is 1. The molecule has 32 heteroatoms. The van der Waals surface area contributed by atoms with Gasteiger partial charge in [0.05, 0.1) is 79.5 Å². The van der Waals surface area contributed by atoms with Gasteiger partial charge in [-0.3, -0.25) is 38.9 Å². The summed E-state index contributed by atoms with van der Waals surface area (Å²) in [5.41, 5.74) is 4.56. The number of aromatic nitrogens is 4. The topological polar surface area (TPSA) is 408 Å². The number of rotatable bonds is 33. The van der Waals surface area contributed by atoms with E-state index in [1.54, 1.807) is 36.5 Å². The summed E-state index contributed by atoms with van der Waals surface area (Å²) in [4.78, 5) is 121. The highest BCUT2D eigenvalue weighted by Crippen LogP contribution is 2.60. The molecule has 3 aromatic carbocycles. The minimum Gasteiger partial charge on any atom is -0.616 e. The zero-order chi connectivity index (χ0) is 78.3. The first-order valence-corrected chi connectivity index (χ1v) is 39.8. The van der Waals surface area contributed by atoms with E-state index in [0.29, 0.717) is 84.9 Å². The number of unbranched alkanes of at least 4 members (excludes halogenated alkanes) is 1. The predicted octanol–water partition coefficient (Wildman–Crippen LogP) is 6.17. The molecule has 7 unspecified atom stereocenters. The van der Waals surface area contributed by atoms with Crippen molar-refractivity contribution >= 4 is 91.2 Å². The molecule has 2 aliphatic carbocycles. The van der Waals surface area contributed by atoms with Crippen molar-refractivity contribution in [3.63, 3.8) is 0 Å². The summed E-state index contributed by atoms with van der Waals surface area (Å²) in [5.74, 6) is -4.19. The highest BCUT2D eigenvalue weighted by atomic mass is 32.2. The lowest BCUT2D eigenvalue weighted by atomic mass is 9.51. The third-order valence-electron chi connectivity index (χ3n) is 21.7. The molecule has 8 N–H and O–H groups in total. The van der Waals surface area contributed by atoms with E-state index in [2.05, 4.69) is 36.4 Å². The van der Waals surface area contributed by atoms with Crippen molar-refractivity contribution in [1.29, 1.82) is 0 Å². The number of amides is 6. The summed E-state index contributed by atoms with van der Waals surface area (Å²) in [7, 11) is 0. The number of pyridine rings is 1. The number of imide groups is 1. The zero-order valence-electron chi connectivity index (χ0n) is 62.2. The van der Waals surface area contributed by atoms with Crippen molar-refractivity contribution in [2.45, 2.75) is 173 Å². The first-order valence-electron chi connectivity index (χ1n) is 37.2. The Morgan fingerprint density at radius 3 is 2.46 bits per heavy atom. The Balaban J connectivity index is 0.686. The smallest absolute Gasteiger partial charge is 0.410 e. The summed E-state index contributed by atoms with van der Waals surface area (Å²) in [6, 6.07) is 20.1. The molecule has 590 valence electrons. The van der Waals surface area contributed by atoms with Gasteiger partial charge < -0.3 is 78.9 Å². The number of hydrogen-bond acceptors (Lipinski definition) is 23. The number of nitrogens with zero attached hydrogens (tertiary/aromatic N) is 8. The van der Waals surface area contributed by atoms with E-state index in [-0.39, 0.29) is 104 Å². The number of para-hydroxylation sites is 1. The molecular weight excluding hydrogens is 1460 g/mol. The van der Waals surface area contributed by atoms with E-state index in [4.69, 9.17) is 33.8 Å². The second-order valence-corrected chi connectivity index (χ2v) is 33.3. The van der Waals surface area contributed by atoms with E-state index < -0.39 is 121 Å². The van der Waals surface area contributed by atoms with Gasteiger partial charge in [-0.15, -0.1) is 0 Å². The van der Waals surface area contributed by atoms with Crippen molar-refractivity contribution in [3.05, 3.63) is 130 Å². The van der Waals surface area contributed by atoms with E-state index in [0.717, 1.165) is 69.8 Å². The molecule has 6 aromatic rings. The Bertz CT molecular complexity index is 4390. The molecule has 0 spiro atoms. The number of hydrogen-bond donors (Lipinski definition) is 8. The Labute approximate surface area is 643 Å². The molecule has 30 nitrogen and oxygen atoms in total. The van der Waals surface area contributed by atoms with Crippen LogP contribution in [0.5, 0.6) is 5.75 Å². The quantitative estimate of drug-likeness (QED) is 0.0130. The summed E-state index contributed by atoms with van der Waals surface area (Å²) < 4.78 is 45.1. The van der Waals surface area contributed by atoms with Crippen molar-refractivity contribution < 1.29 is 97.2 Å². The summed E-state index contributed by atoms with van der Waals surface area (Å²) in [6.45, 7) is 9.01. The minimum atomic E-state index is -1.68. The van der Waals surface area contributed by atoms with Crippen LogP contribution in [0.3, 0.4) is 0 Å². The predicted molar refractivity (Wildman–Crippen MR) is 403 cm³/mol. The molecule has 6 aliphatic rings. The molecule has 110 heavy (non-hydrogen) atoms. The average molecular weight is 1560 g/mol. The molecule has 0 radical (unpaired) electrons. The molecule has 2 saturated heterocycles. The fraction of sp³-hybridized carbons (Fsp3) is 0.526. The number of benzene rings is 3. The Morgan fingerprint density at radius 1 is 0.918 bits per heavy atom. The van der Waals surface area contributed by atoms with Crippen LogP contribution in [0.4, 0.5) is 15.7 Å². The number of thiazole rings is 1. The van der Waals surface area contributed by atoms with E-state index in [9.17, 15) is 73.5 Å². The van der Waals surface area contributed by atoms with Crippen LogP contribution in [-0.4, -0.2) is 237 Å². The first kappa shape index (κ1) is 80.6. The van der Waals surface area contributed by atoms with Crippen molar-refractivity contribution in [3.8, 4) is 16.9 Å². The second-order valence-electron chi connectivity index (χ2n) is 30.7. The number of aromatic carboxylic acids is 1. The molecule has 12 atom stereocenters. The van der Waals surface area contributed by atoms with Crippen LogP contribution in [0.1, 0.15) is 134 Å². The average Bonchev–Trinajstić information content (AvgIpc) is 0.945. The third kappa shape index (κ3) is 19.0. The number of anilines is 2. The van der Waals surface area contributed by atoms with Crippen molar-refractivity contribution in [2.24, 2.45) is 16.7 Å². The van der Waals surface area contributed by atoms with Crippen LogP contribution in [-0.2, 0) is 86.6 Å². The number of ether oxygens (including phenoxy) is 5. The van der Waals surface area contributed by atoms with Crippen LogP contribution in [0.2, 0.25) is 0 Å². The number of nitrogens with one attached hydrogen (secondary N) is 2. The van der Waals surface area contributed by atoms with Gasteiger partial charge in [0.15, 0.2) is 16.9 Å². The maximum Gasteiger partial charge on any atom is 0.410 e. The standard InChI is InChI=1S/C78H96N10O20S2/c1-46-34-76(3)42-77(4,45-87-47(2)55(36-80-87)53-18-19-63(82-67(53)72(100)101)85-25-22-49-12-10-13-54(56(49)37-85)69(96)83-74-81-57-14-6-7-15-62(57)109-74)44-78(35-46,43-76)106-28-27-84(26-23-52(90)39-89)75(102)105-40-50-17-16-48(31-60(50)107-73-68(95)59(91)33-61(108-73)71(98)99)11-8-9-24-79-64(92)38-86-51(41-104-29-30-110(5)103)32-58(70(86)97)88-65(93)20-21-66(88)94/h6-7,10,12-21,31,36,46,51-52,58-59,61,68,73,89-91,95H,8-9,11,22-30,32-35,37-45H2,1-5H3,(H,79,92)(H,98,99)(H,100,101)(H,81,83,96)/t46?,51-,52?,58-,59-,61?,68+,73+,76?,77?,78?,110?/m0/s1. The maximum absolute atomic E-state index is 14.4. The molecular formula is C78H96N10O20S2. The van der Waals surface area contributed by atoms with Crippen molar-refractivity contribution in [2.75, 3.05) is 81.4 Å². The van der Waals surface area contributed by atoms with Gasteiger partial charge in [-0.05, 0) is 141 Å². The number of fused-ring (bicyclic) bond motifs is 4. The number of carboxylic acid groups (broad SMARTS) is 2. The lowest BCUT2D eigenvalue weighted by Crippen LogP contribution is -2.55. The Hall–Kier alpha value is -8.96. The number of carbonyl (C=O) groups is 8. The van der Waals surface area contributed by atoms with Gasteiger partial charge in [-0.25, -0.2) is 24.4 Å². The van der Waals surface area contributed by atoms with Crippen LogP contribution >= 0.6 is 11.3 Å². The lowest BCUT2D eigenvalue weighted by molar-refractivity contribution is -0.238. The lowest BCUT2D eigenvalue weighted by Gasteiger charge is -2.58. The summed E-state index contributed by atoms with van der Waals surface area (Å²) in [6.07, 6.45) is 2.46. The molecule has 4 aliphatic heterocycles. The molecule has 2 saturated carbocycles. The molecule has 3 aromatic heterocycles. The highest BCUT2D eigenvalue weighted by Gasteiger charge is 2.56. The molecule has 7 heterocycles. The first-order chi connectivity index (χ1) is 52.6. The van der Waals surface area contributed by atoms with Crippen LogP contribution in [0.25, 0.3) is 21.3 Å². The fourth-order valence-electron chi connectivity index (χ4n) is 17.1. The maximum atomic E-state index is 14.4. The monoisotopic (exact) mass is 1560 g/mol. The normalized spacial score (nSPS) is 25.0. The minimum absolute atomic E-state index is 0.00830. The van der Waals surface area contributed by atoms with Crippen LogP contribution < -0.4 is 20.3 Å². The SMILES string of the molecule is Cc1c(-c2ccc(N3CCc4cccc(C(=O)Nc5nc6ccccc6s5)c4C3)nc2C(=O)O)cnn1CC1(C)CC2(C)CC(C)CC(OCCN(CCC(O)CO)C(=O)OCc3ccc(CCCCNC(=O)CN4C(=O)[C@@H](N5C(=O)C=CC5=O)C[C@H]4COCC[S+](C)[O-])cc3O[C@@H]3OC(C(=O)O)C[C@H](O)[C@H]3O)(C2)C1. The third-order valence-corrected chi connectivity index (χ3v) is 23.4. The van der Waals surface area contributed by atoms with Crippen molar-refractivity contribution in [1.82, 2.24) is 39.8 Å². The molecule has 2 bridgehead atoms. The van der Waals surface area contributed by atoms with E-state index in [1.165, 1.54) is 27.4 Å². The summed E-state index contributed by atoms with van der Waals surface area (Å²) >= 11 is 0.262. The van der Waals surface area contributed by atoms with Gasteiger partial charge in [-0.1, -0.05) is 79.7 Å². The van der Waals surface area contributed by atoms with Gasteiger partial charge in [0, 0.05) is 92.2 Å². The number of aliphatic hydroxyl groups is 4. The van der Waals surface area contributed by atoms with Gasteiger partial charge in [0.25, 0.3) is 17.7 Å². The van der Waals surface area contributed by atoms with E-state index >= 15 is 0 Å². The number of likely N-dealkylation sites (tertiary alicyclic amines) is 1. The van der Waals surface area contributed by atoms with Crippen LogP contribution in [0, 0.1) is 23.7 Å². The van der Waals surface area contributed by atoms with Crippen LogP contribution in [0.15, 0.2) is 91.1 Å². The Kier molecular flexibility index (Phi) is 25.4. The highest BCUT2D eigenvalue weighted by molar-refractivity contribution is 7.90. The van der Waals surface area contributed by atoms with Gasteiger partial charge in [0.2, 0.25) is 18.1 Å². The second kappa shape index (κ2) is 34.8. The number of aliphatic hydroxyl groups excluding tert-OH is 4. The number of aryl methyl sites for hydroxylation is 1.